The molecule has 2 atom stereocenters. The maximum atomic E-state index is 12.1. The minimum Gasteiger partial charge on any atom is -0.508 e. The lowest BCUT2D eigenvalue weighted by atomic mass is 10.0. The van der Waals surface area contributed by atoms with Crippen LogP contribution in [0.5, 0.6) is 5.75 Å². The Kier molecular flexibility index (Phi) is 6.96. The molecule has 3 N–H and O–H groups in total. The summed E-state index contributed by atoms with van der Waals surface area (Å²) in [5, 5.41) is 20.9. The number of carboxylic acid groups (broad SMARTS) is 1. The molecule has 0 spiro atoms. The van der Waals surface area contributed by atoms with E-state index in [1.807, 2.05) is 13.8 Å². The fourth-order valence-corrected chi connectivity index (χ4v) is 2.06. The predicted octanol–water partition coefficient (Wildman–Crippen LogP) is 1.25. The van der Waals surface area contributed by atoms with Gasteiger partial charge in [-0.2, -0.15) is 4.99 Å². The smallest absolute Gasteiger partial charge is 0.326 e. The zero-order chi connectivity index (χ0) is 17.4. The van der Waals surface area contributed by atoms with Gasteiger partial charge in [-0.05, 0) is 30.0 Å². The molecular weight excluding hydrogens is 300 g/mol. The van der Waals surface area contributed by atoms with Gasteiger partial charge in [0.2, 0.25) is 12.0 Å². The lowest BCUT2D eigenvalue weighted by molar-refractivity contribution is -0.142. The van der Waals surface area contributed by atoms with Gasteiger partial charge in [0.05, 0.1) is 0 Å². The molecule has 1 aromatic carbocycles. The third kappa shape index (κ3) is 6.32. The summed E-state index contributed by atoms with van der Waals surface area (Å²) in [5.41, 5.74) is 0.648. The van der Waals surface area contributed by atoms with Crippen molar-refractivity contribution < 1.29 is 24.6 Å². The number of nitrogens with zero attached hydrogens (tertiary/aromatic N) is 1. The molecule has 0 fully saturated rings. The molecule has 0 aliphatic rings. The van der Waals surface area contributed by atoms with Gasteiger partial charge in [-0.25, -0.2) is 9.59 Å². The number of carboxylic acids is 1. The third-order valence-corrected chi connectivity index (χ3v) is 3.20. The first-order valence-corrected chi connectivity index (χ1v) is 7.21. The summed E-state index contributed by atoms with van der Waals surface area (Å²) in [5.74, 6) is -1.62. The van der Waals surface area contributed by atoms with E-state index < -0.39 is 24.0 Å². The van der Waals surface area contributed by atoms with E-state index >= 15 is 0 Å². The largest absolute Gasteiger partial charge is 0.508 e. The predicted molar refractivity (Wildman–Crippen MR) is 82.7 cm³/mol. The highest BCUT2D eigenvalue weighted by Crippen LogP contribution is 2.12. The molecular formula is C16H20N2O5. The monoisotopic (exact) mass is 320 g/mol. The van der Waals surface area contributed by atoms with E-state index in [2.05, 4.69) is 10.3 Å². The van der Waals surface area contributed by atoms with Crippen molar-refractivity contribution in [1.29, 1.82) is 0 Å². The second-order valence-electron chi connectivity index (χ2n) is 5.64. The average Bonchev–Trinajstić information content (AvgIpc) is 2.47. The minimum absolute atomic E-state index is 0.0561. The van der Waals surface area contributed by atoms with Crippen molar-refractivity contribution in [1.82, 2.24) is 5.32 Å². The number of amides is 1. The van der Waals surface area contributed by atoms with Gasteiger partial charge in [-0.1, -0.05) is 26.0 Å². The lowest BCUT2D eigenvalue weighted by Gasteiger charge is -2.18. The maximum absolute atomic E-state index is 12.1. The summed E-state index contributed by atoms with van der Waals surface area (Å²) in [6.45, 7) is 3.73. The molecule has 7 heteroatoms. The summed E-state index contributed by atoms with van der Waals surface area (Å²) in [6, 6.07) is 3.93. The number of nitrogens with one attached hydrogen (secondary N) is 1. The molecule has 7 nitrogen and oxygen atoms in total. The van der Waals surface area contributed by atoms with Gasteiger partial charge in [-0.3, -0.25) is 4.79 Å². The molecule has 0 aromatic heterocycles. The van der Waals surface area contributed by atoms with E-state index in [1.165, 1.54) is 18.2 Å². The van der Waals surface area contributed by atoms with Crippen molar-refractivity contribution >= 4 is 18.0 Å². The fourth-order valence-electron chi connectivity index (χ4n) is 2.06. The lowest BCUT2D eigenvalue weighted by Crippen LogP contribution is -2.46. The Labute approximate surface area is 134 Å². The molecule has 0 radical (unpaired) electrons. The molecule has 0 heterocycles. The minimum atomic E-state index is -1.19. The summed E-state index contributed by atoms with van der Waals surface area (Å²) in [7, 11) is 0. The molecule has 1 aromatic rings. The van der Waals surface area contributed by atoms with Gasteiger partial charge >= 0.3 is 5.97 Å². The van der Waals surface area contributed by atoms with Crippen LogP contribution in [0.25, 0.3) is 0 Å². The van der Waals surface area contributed by atoms with Crippen molar-refractivity contribution in [3.63, 3.8) is 0 Å². The Morgan fingerprint density at radius 3 is 2.35 bits per heavy atom. The first-order valence-electron chi connectivity index (χ1n) is 7.21. The quantitative estimate of drug-likeness (QED) is 0.492. The number of hydrogen-bond acceptors (Lipinski definition) is 5. The van der Waals surface area contributed by atoms with Crippen LogP contribution < -0.4 is 5.32 Å². The van der Waals surface area contributed by atoms with Crippen LogP contribution >= 0.6 is 0 Å². The third-order valence-electron chi connectivity index (χ3n) is 3.20. The van der Waals surface area contributed by atoms with Crippen molar-refractivity contribution in [2.24, 2.45) is 10.9 Å². The van der Waals surface area contributed by atoms with E-state index in [9.17, 15) is 24.6 Å². The summed E-state index contributed by atoms with van der Waals surface area (Å²) in [4.78, 5) is 37.4. The SMILES string of the molecule is CC(C)C[C@H](N=C=O)C(=O)N[C@@H](Cc1ccc(O)cc1)C(=O)O. The molecule has 0 aliphatic heterocycles. The van der Waals surface area contributed by atoms with Crippen LogP contribution in [0.4, 0.5) is 0 Å². The number of hydrogen-bond donors (Lipinski definition) is 3. The van der Waals surface area contributed by atoms with Crippen molar-refractivity contribution in [3.8, 4) is 5.75 Å². The number of carbonyl (C=O) groups excluding carboxylic acids is 2. The molecule has 23 heavy (non-hydrogen) atoms. The van der Waals surface area contributed by atoms with Gasteiger partial charge in [0.1, 0.15) is 17.8 Å². The van der Waals surface area contributed by atoms with Gasteiger partial charge < -0.3 is 15.5 Å². The number of aliphatic imine (C=N–C) groups is 1. The van der Waals surface area contributed by atoms with E-state index in [4.69, 9.17) is 0 Å². The molecule has 0 saturated carbocycles. The van der Waals surface area contributed by atoms with Crippen molar-refractivity contribution in [2.45, 2.75) is 38.8 Å². The summed E-state index contributed by atoms with van der Waals surface area (Å²) >= 11 is 0. The van der Waals surface area contributed by atoms with E-state index in [1.54, 1.807) is 12.1 Å². The number of aromatic hydroxyl groups is 1. The van der Waals surface area contributed by atoms with Gasteiger partial charge in [0.15, 0.2) is 0 Å². The van der Waals surface area contributed by atoms with Gasteiger partial charge in [0, 0.05) is 6.42 Å². The van der Waals surface area contributed by atoms with Crippen LogP contribution in [0.3, 0.4) is 0 Å². The first kappa shape index (κ1) is 18.4. The topological polar surface area (TPSA) is 116 Å². The number of rotatable bonds is 8. The van der Waals surface area contributed by atoms with Crippen LogP contribution in [0.15, 0.2) is 29.3 Å². The van der Waals surface area contributed by atoms with Crippen LogP contribution in [-0.4, -0.2) is 40.3 Å². The van der Waals surface area contributed by atoms with Crippen LogP contribution in [0.2, 0.25) is 0 Å². The molecule has 1 amide bonds. The molecule has 124 valence electrons. The van der Waals surface area contributed by atoms with Crippen molar-refractivity contribution in [3.05, 3.63) is 29.8 Å². The Morgan fingerprint density at radius 2 is 1.87 bits per heavy atom. The average molecular weight is 320 g/mol. The second kappa shape index (κ2) is 8.70. The Morgan fingerprint density at radius 1 is 1.26 bits per heavy atom. The van der Waals surface area contributed by atoms with Crippen LogP contribution in [-0.2, 0) is 20.8 Å². The zero-order valence-electron chi connectivity index (χ0n) is 13.0. The summed E-state index contributed by atoms with van der Waals surface area (Å²) < 4.78 is 0. The summed E-state index contributed by atoms with van der Waals surface area (Å²) in [6.07, 6.45) is 1.73. The number of benzene rings is 1. The highest BCUT2D eigenvalue weighted by Gasteiger charge is 2.26. The molecule has 0 unspecified atom stereocenters. The molecule has 0 aliphatic carbocycles. The second-order valence-corrected chi connectivity index (χ2v) is 5.64. The fraction of sp³-hybridized carbons (Fsp3) is 0.438. The van der Waals surface area contributed by atoms with Gasteiger partial charge in [0.25, 0.3) is 0 Å². The van der Waals surface area contributed by atoms with Crippen LogP contribution in [0.1, 0.15) is 25.8 Å². The number of phenolic OH excluding ortho intramolecular Hbond substituents is 1. The number of isocyanates is 1. The van der Waals surface area contributed by atoms with Crippen LogP contribution in [0, 0.1) is 5.92 Å². The van der Waals surface area contributed by atoms with E-state index in [0.29, 0.717) is 12.0 Å². The number of aliphatic carboxylic acids is 1. The number of phenols is 1. The highest BCUT2D eigenvalue weighted by atomic mass is 16.4. The standard InChI is InChI=1S/C16H20N2O5/c1-10(2)7-13(17-9-19)15(21)18-14(16(22)23)8-11-3-5-12(20)6-4-11/h3-6,10,13-14,20H,7-8H2,1-2H3,(H,18,21)(H,22,23)/t13-,14-/m0/s1. The Hall–Kier alpha value is -2.66. The zero-order valence-corrected chi connectivity index (χ0v) is 13.0. The Balaban J connectivity index is 2.81. The first-order chi connectivity index (χ1) is 10.8. The number of carbonyl (C=O) groups is 2. The highest BCUT2D eigenvalue weighted by molar-refractivity contribution is 5.87. The normalized spacial score (nSPS) is 13.0. The van der Waals surface area contributed by atoms with Gasteiger partial charge in [-0.15, -0.1) is 0 Å². The van der Waals surface area contributed by atoms with E-state index in [-0.39, 0.29) is 18.1 Å². The van der Waals surface area contributed by atoms with Crippen molar-refractivity contribution in [2.75, 3.05) is 0 Å². The van der Waals surface area contributed by atoms with E-state index in [0.717, 1.165) is 0 Å². The Bertz CT molecular complexity index is 591. The molecule has 0 bridgehead atoms. The maximum Gasteiger partial charge on any atom is 0.326 e. The molecule has 0 saturated heterocycles. The molecule has 1 rings (SSSR count).